The van der Waals surface area contributed by atoms with E-state index < -0.39 is 24.0 Å². The molecule has 0 radical (unpaired) electrons. The standard InChI is InChI=1S/C28H30N4O5/c1-28(33)24(35-16-20-10-6-3-7-11-20)22(17-34-15-19-8-4-2-5-9-19)37-27(28)32-14-21-12-13-36-31-25-23(21)26(32)30-18-29-25/h2-11,14,18,22,24,27,33H,12-13,15-17H2,1H3,(H,29,30,31)/t22-,24-,27?,28-/m1/s1. The Morgan fingerprint density at radius 3 is 2.54 bits per heavy atom. The molecule has 2 aliphatic heterocycles. The van der Waals surface area contributed by atoms with E-state index in [0.717, 1.165) is 22.1 Å². The van der Waals surface area contributed by atoms with E-state index in [9.17, 15) is 5.11 Å². The Hall–Kier alpha value is -3.34. The molecule has 6 rings (SSSR count). The fourth-order valence-electron chi connectivity index (χ4n) is 5.16. The zero-order valence-corrected chi connectivity index (χ0v) is 20.6. The summed E-state index contributed by atoms with van der Waals surface area (Å²) in [5.41, 5.74) is 5.32. The number of aromatic nitrogens is 3. The van der Waals surface area contributed by atoms with Gasteiger partial charge in [0.1, 0.15) is 29.8 Å². The Morgan fingerprint density at radius 2 is 1.78 bits per heavy atom. The first-order valence-electron chi connectivity index (χ1n) is 12.5. The van der Waals surface area contributed by atoms with Crippen LogP contribution in [0.4, 0.5) is 5.82 Å². The van der Waals surface area contributed by atoms with E-state index in [1.807, 2.05) is 71.4 Å². The van der Waals surface area contributed by atoms with Crippen LogP contribution in [-0.2, 0) is 38.7 Å². The van der Waals surface area contributed by atoms with Crippen LogP contribution < -0.4 is 5.48 Å². The number of nitrogens with one attached hydrogen (secondary N) is 1. The maximum Gasteiger partial charge on any atom is 0.167 e. The van der Waals surface area contributed by atoms with Gasteiger partial charge >= 0.3 is 0 Å². The Balaban J connectivity index is 1.29. The highest BCUT2D eigenvalue weighted by Gasteiger charge is 2.55. The normalized spacial score (nSPS) is 25.2. The van der Waals surface area contributed by atoms with Gasteiger partial charge in [0, 0.05) is 12.6 Å². The number of benzene rings is 2. The topological polar surface area (TPSA) is 99.9 Å². The first kappa shape index (κ1) is 24.0. The van der Waals surface area contributed by atoms with Crippen molar-refractivity contribution >= 4 is 16.9 Å². The molecule has 2 aromatic heterocycles. The van der Waals surface area contributed by atoms with Crippen LogP contribution in [0.5, 0.6) is 0 Å². The summed E-state index contributed by atoms with van der Waals surface area (Å²) >= 11 is 0. The summed E-state index contributed by atoms with van der Waals surface area (Å²) in [6.07, 6.45) is 2.27. The van der Waals surface area contributed by atoms with E-state index in [1.54, 1.807) is 6.92 Å². The van der Waals surface area contributed by atoms with E-state index in [-0.39, 0.29) is 6.61 Å². The molecule has 1 fully saturated rings. The largest absolute Gasteiger partial charge is 0.383 e. The summed E-state index contributed by atoms with van der Waals surface area (Å²) in [5.74, 6) is 0.605. The second-order valence-corrected chi connectivity index (χ2v) is 9.65. The minimum absolute atomic E-state index is 0.267. The van der Waals surface area contributed by atoms with Gasteiger partial charge in [0.15, 0.2) is 12.0 Å². The summed E-state index contributed by atoms with van der Waals surface area (Å²) < 4.78 is 20.8. The molecule has 4 heterocycles. The van der Waals surface area contributed by atoms with Gasteiger partial charge in [0.2, 0.25) is 0 Å². The number of aliphatic hydroxyl groups is 1. The summed E-state index contributed by atoms with van der Waals surface area (Å²) in [6.45, 7) is 3.31. The second kappa shape index (κ2) is 10.2. The highest BCUT2D eigenvalue weighted by atomic mass is 16.6. The molecule has 9 nitrogen and oxygen atoms in total. The van der Waals surface area contributed by atoms with E-state index in [2.05, 4.69) is 15.4 Å². The molecule has 0 spiro atoms. The fraction of sp³-hybridized carbons (Fsp3) is 0.357. The molecular formula is C28H30N4O5. The molecule has 37 heavy (non-hydrogen) atoms. The quantitative estimate of drug-likeness (QED) is 0.376. The van der Waals surface area contributed by atoms with Crippen LogP contribution in [0.1, 0.15) is 29.8 Å². The molecule has 1 saturated heterocycles. The van der Waals surface area contributed by atoms with Crippen LogP contribution >= 0.6 is 0 Å². The van der Waals surface area contributed by atoms with Gasteiger partial charge in [-0.1, -0.05) is 60.7 Å². The molecule has 0 aliphatic carbocycles. The lowest BCUT2D eigenvalue weighted by Gasteiger charge is -2.30. The van der Waals surface area contributed by atoms with E-state index >= 15 is 0 Å². The average Bonchev–Trinajstić information content (AvgIpc) is 3.30. The lowest BCUT2D eigenvalue weighted by atomic mass is 9.96. The monoisotopic (exact) mass is 502 g/mol. The van der Waals surface area contributed by atoms with Gasteiger partial charge in [0.25, 0.3) is 0 Å². The van der Waals surface area contributed by atoms with E-state index in [0.29, 0.717) is 37.7 Å². The van der Waals surface area contributed by atoms with Crippen LogP contribution in [-0.4, -0.2) is 50.7 Å². The van der Waals surface area contributed by atoms with E-state index in [4.69, 9.17) is 19.0 Å². The van der Waals surface area contributed by atoms with Gasteiger partial charge in [-0.2, -0.15) is 0 Å². The van der Waals surface area contributed by atoms with Gasteiger partial charge in [0.05, 0.1) is 31.8 Å². The molecule has 2 aliphatic rings. The third kappa shape index (κ3) is 4.72. The van der Waals surface area contributed by atoms with Gasteiger partial charge in [-0.05, 0) is 23.6 Å². The maximum absolute atomic E-state index is 11.9. The number of hydrogen-bond donors (Lipinski definition) is 2. The number of ether oxygens (including phenoxy) is 3. The Labute approximate surface area is 214 Å². The molecule has 0 amide bonds. The number of anilines is 1. The van der Waals surface area contributed by atoms with Gasteiger partial charge in [-0.15, -0.1) is 0 Å². The summed E-state index contributed by atoms with van der Waals surface area (Å²) in [7, 11) is 0. The molecule has 0 bridgehead atoms. The van der Waals surface area contributed by atoms with Gasteiger partial charge in [-0.3, -0.25) is 4.84 Å². The lowest BCUT2D eigenvalue weighted by molar-refractivity contribution is -0.114. The molecule has 2 aromatic carbocycles. The molecule has 4 aromatic rings. The number of hydrogen-bond acceptors (Lipinski definition) is 8. The van der Waals surface area contributed by atoms with Crippen molar-refractivity contribution in [1.82, 2.24) is 14.5 Å². The minimum atomic E-state index is -1.36. The molecular weight excluding hydrogens is 472 g/mol. The Kier molecular flexibility index (Phi) is 6.62. The predicted molar refractivity (Wildman–Crippen MR) is 136 cm³/mol. The highest BCUT2D eigenvalue weighted by molar-refractivity contribution is 5.91. The van der Waals surface area contributed by atoms with Gasteiger partial charge < -0.3 is 23.9 Å². The van der Waals surface area contributed by atoms with Gasteiger partial charge in [-0.25, -0.2) is 15.4 Å². The minimum Gasteiger partial charge on any atom is -0.383 e. The van der Waals surface area contributed by atoms with Crippen LogP contribution in [0, 0.1) is 0 Å². The summed E-state index contributed by atoms with van der Waals surface area (Å²) in [5, 5.41) is 12.8. The fourth-order valence-corrected chi connectivity index (χ4v) is 5.16. The summed E-state index contributed by atoms with van der Waals surface area (Å²) in [6, 6.07) is 19.9. The van der Waals surface area contributed by atoms with Crippen molar-refractivity contribution in [2.75, 3.05) is 18.7 Å². The van der Waals surface area contributed by atoms with Crippen molar-refractivity contribution in [3.05, 3.63) is 89.9 Å². The van der Waals surface area contributed by atoms with Crippen LogP contribution in [0.15, 0.2) is 73.2 Å². The summed E-state index contributed by atoms with van der Waals surface area (Å²) in [4.78, 5) is 14.3. The second-order valence-electron chi connectivity index (χ2n) is 9.65. The first-order chi connectivity index (χ1) is 18.1. The highest BCUT2D eigenvalue weighted by Crippen LogP contribution is 2.43. The predicted octanol–water partition coefficient (Wildman–Crippen LogP) is 3.78. The van der Waals surface area contributed by atoms with Crippen LogP contribution in [0.25, 0.3) is 11.0 Å². The van der Waals surface area contributed by atoms with Crippen molar-refractivity contribution in [3.63, 3.8) is 0 Å². The maximum atomic E-state index is 11.9. The Bertz CT molecular complexity index is 1340. The van der Waals surface area contributed by atoms with Crippen molar-refractivity contribution in [2.45, 2.75) is 50.6 Å². The average molecular weight is 503 g/mol. The van der Waals surface area contributed by atoms with E-state index in [1.165, 1.54) is 6.33 Å². The molecule has 1 unspecified atom stereocenters. The number of rotatable bonds is 8. The smallest absolute Gasteiger partial charge is 0.167 e. The van der Waals surface area contributed by atoms with Crippen molar-refractivity contribution in [1.29, 1.82) is 0 Å². The Morgan fingerprint density at radius 1 is 1.05 bits per heavy atom. The number of nitrogens with zero attached hydrogens (tertiary/aromatic N) is 3. The van der Waals surface area contributed by atoms with Crippen LogP contribution in [0.2, 0.25) is 0 Å². The molecule has 2 N–H and O–H groups in total. The third-order valence-corrected chi connectivity index (χ3v) is 6.97. The zero-order valence-electron chi connectivity index (χ0n) is 20.6. The van der Waals surface area contributed by atoms with Crippen molar-refractivity contribution < 1.29 is 24.2 Å². The molecule has 4 atom stereocenters. The van der Waals surface area contributed by atoms with Crippen molar-refractivity contribution in [3.8, 4) is 0 Å². The van der Waals surface area contributed by atoms with Crippen LogP contribution in [0.3, 0.4) is 0 Å². The lowest BCUT2D eigenvalue weighted by Crippen LogP contribution is -2.46. The SMILES string of the molecule is C[C@]1(O)C(n2cc3c4c(ncnc42)NOCC3)O[C@H](COCc2ccccc2)[C@H]1OCc1ccccc1. The molecule has 9 heteroatoms. The van der Waals surface area contributed by atoms with Crippen molar-refractivity contribution in [2.24, 2.45) is 0 Å². The molecule has 0 saturated carbocycles. The third-order valence-electron chi connectivity index (χ3n) is 6.97. The first-order valence-corrected chi connectivity index (χ1v) is 12.5. The zero-order chi connectivity index (χ0) is 25.2. The molecule has 192 valence electrons.